The van der Waals surface area contributed by atoms with Gasteiger partial charge in [-0.15, -0.1) is 0 Å². The molecule has 0 radical (unpaired) electrons. The molecule has 4 rings (SSSR count). The highest BCUT2D eigenvalue weighted by Crippen LogP contribution is 2.21. The van der Waals surface area contributed by atoms with E-state index in [0.29, 0.717) is 16.9 Å². The maximum Gasteiger partial charge on any atom is 0.332 e. The molecule has 0 saturated carbocycles. The Kier molecular flexibility index (Phi) is 3.55. The number of ether oxygens (including phenoxy) is 1. The second-order valence-electron chi connectivity index (χ2n) is 5.88. The average molecular weight is 326 g/mol. The summed E-state index contributed by atoms with van der Waals surface area (Å²) in [5.74, 6) is 0. The summed E-state index contributed by atoms with van der Waals surface area (Å²) in [7, 11) is 0. The molecule has 0 atom stereocenters. The zero-order valence-electron chi connectivity index (χ0n) is 13.1. The van der Waals surface area contributed by atoms with Crippen LogP contribution in [0.15, 0.2) is 23.0 Å². The first kappa shape index (κ1) is 14.9. The summed E-state index contributed by atoms with van der Waals surface area (Å²) < 4.78 is 6.82. The molecule has 0 bridgehead atoms. The van der Waals surface area contributed by atoms with Crippen molar-refractivity contribution in [3.8, 4) is 0 Å². The molecule has 3 aromatic rings. The maximum absolute atomic E-state index is 12.3. The molecule has 0 aliphatic carbocycles. The largest absolute Gasteiger partial charge is 0.394 e. The Bertz CT molecular complexity index is 984. The summed E-state index contributed by atoms with van der Waals surface area (Å²) in [6.45, 7) is 4.17. The minimum Gasteiger partial charge on any atom is -0.394 e. The molecule has 2 aromatic heterocycles. The lowest BCUT2D eigenvalue weighted by molar-refractivity contribution is 0.0342. The highest BCUT2D eigenvalue weighted by Gasteiger charge is 2.15. The van der Waals surface area contributed by atoms with Crippen LogP contribution < -0.4 is 11.4 Å². The summed E-state index contributed by atoms with van der Waals surface area (Å²) in [6, 6.07) is 5.89. The predicted molar refractivity (Wildman–Crippen MR) is 91.7 cm³/mol. The van der Waals surface area contributed by atoms with E-state index in [1.165, 1.54) is 4.40 Å². The maximum atomic E-state index is 12.3. The number of anilines is 1. The molecule has 1 fully saturated rings. The Morgan fingerprint density at radius 3 is 2.92 bits per heavy atom. The van der Waals surface area contributed by atoms with E-state index < -0.39 is 0 Å². The van der Waals surface area contributed by atoms with Crippen LogP contribution >= 0.6 is 0 Å². The number of H-pyrrole nitrogens is 1. The van der Waals surface area contributed by atoms with Crippen molar-refractivity contribution >= 4 is 28.6 Å². The smallest absolute Gasteiger partial charge is 0.332 e. The van der Waals surface area contributed by atoms with Crippen molar-refractivity contribution in [2.24, 2.45) is 0 Å². The van der Waals surface area contributed by atoms with Gasteiger partial charge in [-0.05, 0) is 17.7 Å². The van der Waals surface area contributed by atoms with Crippen LogP contribution in [-0.2, 0) is 11.3 Å². The summed E-state index contributed by atoms with van der Waals surface area (Å²) in [6.07, 6.45) is 1.03. The second-order valence-corrected chi connectivity index (χ2v) is 5.88. The molecule has 124 valence electrons. The fraction of sp³-hybridized carbons (Fsp3) is 0.312. The van der Waals surface area contributed by atoms with Gasteiger partial charge in [0.25, 0.3) is 0 Å². The molecule has 3 heterocycles. The van der Waals surface area contributed by atoms with Crippen LogP contribution in [0.5, 0.6) is 0 Å². The van der Waals surface area contributed by atoms with E-state index in [2.05, 4.69) is 14.9 Å². The van der Waals surface area contributed by atoms with Crippen molar-refractivity contribution in [1.29, 1.82) is 5.41 Å². The minimum absolute atomic E-state index is 0.274. The van der Waals surface area contributed by atoms with Crippen molar-refractivity contribution in [3.05, 3.63) is 39.9 Å². The van der Waals surface area contributed by atoms with Crippen molar-refractivity contribution in [2.75, 3.05) is 32.0 Å². The number of aromatic amines is 1. The van der Waals surface area contributed by atoms with Crippen molar-refractivity contribution in [2.45, 2.75) is 6.54 Å². The number of aromatic nitrogens is 3. The first-order valence-corrected chi connectivity index (χ1v) is 7.81. The number of imidazole rings is 1. The van der Waals surface area contributed by atoms with Gasteiger partial charge >= 0.3 is 5.69 Å². The molecule has 1 aliphatic rings. The zero-order valence-corrected chi connectivity index (χ0v) is 13.1. The number of nitrogen functional groups attached to an aromatic ring is 1. The van der Waals surface area contributed by atoms with E-state index in [1.54, 1.807) is 0 Å². The predicted octanol–water partition coefficient (Wildman–Crippen LogP) is 0.588. The number of fused-ring (bicyclic) bond motifs is 3. The van der Waals surface area contributed by atoms with E-state index >= 15 is 0 Å². The normalized spacial score (nSPS) is 16.0. The quantitative estimate of drug-likeness (QED) is 0.610. The molecule has 1 aliphatic heterocycles. The molecule has 0 unspecified atom stereocenters. The Balaban J connectivity index is 1.81. The first-order valence-electron chi connectivity index (χ1n) is 7.81. The minimum atomic E-state index is -0.346. The van der Waals surface area contributed by atoms with Gasteiger partial charge in [-0.2, -0.15) is 0 Å². The lowest BCUT2D eigenvalue weighted by Crippen LogP contribution is -2.35. The Hall–Kier alpha value is -2.71. The van der Waals surface area contributed by atoms with Gasteiger partial charge < -0.3 is 20.9 Å². The molecule has 0 spiro atoms. The van der Waals surface area contributed by atoms with Crippen LogP contribution in [0.4, 0.5) is 5.69 Å². The van der Waals surface area contributed by atoms with Crippen LogP contribution in [0, 0.1) is 5.41 Å². The molecule has 1 saturated heterocycles. The third-order valence-electron chi connectivity index (χ3n) is 4.35. The third kappa shape index (κ3) is 2.36. The summed E-state index contributed by atoms with van der Waals surface area (Å²) in [5, 5.41) is 7.34. The van der Waals surface area contributed by atoms with Gasteiger partial charge in [-0.25, -0.2) is 14.2 Å². The molecular formula is C16H18N6O2. The monoisotopic (exact) mass is 326 g/mol. The summed E-state index contributed by atoms with van der Waals surface area (Å²) in [4.78, 5) is 21.7. The molecule has 24 heavy (non-hydrogen) atoms. The number of rotatable bonds is 3. The van der Waals surface area contributed by atoms with E-state index in [-0.39, 0.29) is 11.4 Å². The topological polar surface area (TPSA) is 112 Å². The van der Waals surface area contributed by atoms with Crippen molar-refractivity contribution in [3.63, 3.8) is 0 Å². The van der Waals surface area contributed by atoms with E-state index in [0.717, 1.165) is 50.1 Å². The van der Waals surface area contributed by atoms with Gasteiger partial charge in [0.05, 0.1) is 29.9 Å². The van der Waals surface area contributed by atoms with Crippen LogP contribution in [0.3, 0.4) is 0 Å². The molecule has 4 N–H and O–H groups in total. The third-order valence-corrected chi connectivity index (χ3v) is 4.35. The first-order chi connectivity index (χ1) is 11.7. The van der Waals surface area contributed by atoms with Crippen LogP contribution in [-0.4, -0.2) is 51.8 Å². The Morgan fingerprint density at radius 2 is 2.17 bits per heavy atom. The number of nitrogens with one attached hydrogen (secondary N) is 2. The van der Waals surface area contributed by atoms with Gasteiger partial charge in [-0.1, -0.05) is 6.07 Å². The number of benzene rings is 1. The van der Waals surface area contributed by atoms with E-state index in [4.69, 9.17) is 15.9 Å². The van der Waals surface area contributed by atoms with E-state index in [1.807, 2.05) is 18.2 Å². The van der Waals surface area contributed by atoms with Gasteiger partial charge in [0, 0.05) is 25.8 Å². The highest BCUT2D eigenvalue weighted by atomic mass is 16.5. The van der Waals surface area contributed by atoms with Crippen LogP contribution in [0.25, 0.3) is 16.7 Å². The lowest BCUT2D eigenvalue weighted by Gasteiger charge is -2.26. The van der Waals surface area contributed by atoms with Gasteiger partial charge in [0.15, 0.2) is 5.65 Å². The summed E-state index contributed by atoms with van der Waals surface area (Å²) >= 11 is 0. The fourth-order valence-electron chi connectivity index (χ4n) is 3.10. The van der Waals surface area contributed by atoms with E-state index in [9.17, 15) is 4.79 Å². The number of morpholine rings is 1. The molecule has 8 heteroatoms. The van der Waals surface area contributed by atoms with Crippen LogP contribution in [0.2, 0.25) is 0 Å². The molecular weight excluding hydrogens is 308 g/mol. The molecule has 1 aromatic carbocycles. The van der Waals surface area contributed by atoms with Crippen molar-refractivity contribution in [1.82, 2.24) is 19.3 Å². The standard InChI is InChI=1S/C16H18N6O2/c17-8-12-14(18)15-19-11-7-10(9-21-3-5-24-6-4-21)1-2-13(11)22(15)16(23)20-12/h1-2,7-8,17H,3-6,9,18H2,(H,20,23). The number of nitrogens with two attached hydrogens (primary N) is 1. The molecule has 0 amide bonds. The Labute approximate surface area is 137 Å². The molecule has 8 nitrogen and oxygen atoms in total. The number of hydrogen-bond acceptors (Lipinski definition) is 6. The van der Waals surface area contributed by atoms with Crippen LogP contribution in [0.1, 0.15) is 11.3 Å². The van der Waals surface area contributed by atoms with Gasteiger partial charge in [0.1, 0.15) is 5.69 Å². The zero-order chi connectivity index (χ0) is 16.7. The summed E-state index contributed by atoms with van der Waals surface area (Å²) in [5.41, 5.74) is 9.20. The number of nitrogens with zero attached hydrogens (tertiary/aromatic N) is 3. The average Bonchev–Trinajstić information content (AvgIpc) is 2.98. The second kappa shape index (κ2) is 5.73. The SMILES string of the molecule is N=Cc1[nH]c(=O)n2c(nc3cc(CN4CCOCC4)ccc32)c1N. The van der Waals surface area contributed by atoms with Crippen molar-refractivity contribution < 1.29 is 4.74 Å². The van der Waals surface area contributed by atoms with Gasteiger partial charge in [-0.3, -0.25) is 4.90 Å². The fourth-order valence-corrected chi connectivity index (χ4v) is 3.10. The van der Waals surface area contributed by atoms with Gasteiger partial charge in [0.2, 0.25) is 0 Å². The number of hydrogen-bond donors (Lipinski definition) is 3. The Morgan fingerprint density at radius 1 is 1.38 bits per heavy atom. The highest BCUT2D eigenvalue weighted by molar-refractivity contribution is 5.92. The lowest BCUT2D eigenvalue weighted by atomic mass is 10.2.